The zero-order valence-corrected chi connectivity index (χ0v) is 13.0. The molecule has 1 aromatic rings. The molecule has 0 unspecified atom stereocenters. The summed E-state index contributed by atoms with van der Waals surface area (Å²) < 4.78 is 15.8. The first-order valence-corrected chi connectivity index (χ1v) is 7.57. The van der Waals surface area contributed by atoms with Crippen LogP contribution in [0.5, 0.6) is 0 Å². The van der Waals surface area contributed by atoms with Gasteiger partial charge >= 0.3 is 5.97 Å². The maximum atomic E-state index is 12.1. The van der Waals surface area contributed by atoms with E-state index in [-0.39, 0.29) is 0 Å². The van der Waals surface area contributed by atoms with Crippen molar-refractivity contribution in [2.24, 2.45) is 0 Å². The average molecular weight is 361 g/mol. The summed E-state index contributed by atoms with van der Waals surface area (Å²) in [5.41, 5.74) is 0.390. The average Bonchev–Trinajstić information content (AvgIpc) is 2.51. The van der Waals surface area contributed by atoms with Gasteiger partial charge in [-0.2, -0.15) is 0 Å². The van der Waals surface area contributed by atoms with Gasteiger partial charge in [-0.3, -0.25) is 0 Å². The van der Waals surface area contributed by atoms with Crippen molar-refractivity contribution in [1.82, 2.24) is 0 Å². The van der Waals surface area contributed by atoms with Gasteiger partial charge in [0.2, 0.25) is 0 Å². The molecule has 0 bridgehead atoms. The Kier molecular flexibility index (Phi) is 5.72. The van der Waals surface area contributed by atoms with Crippen LogP contribution in [-0.2, 0) is 14.2 Å². The van der Waals surface area contributed by atoms with Gasteiger partial charge in [-0.25, -0.2) is 4.79 Å². The molecule has 2 N–H and O–H groups in total. The zero-order chi connectivity index (χ0) is 15.4. The molecule has 1 fully saturated rings. The van der Waals surface area contributed by atoms with Crippen LogP contribution in [0.3, 0.4) is 0 Å². The number of ether oxygens (including phenoxy) is 3. The van der Waals surface area contributed by atoms with E-state index in [2.05, 4.69) is 15.9 Å². The molecule has 0 aliphatic carbocycles. The van der Waals surface area contributed by atoms with Crippen LogP contribution < -0.4 is 0 Å². The lowest BCUT2D eigenvalue weighted by molar-refractivity contribution is -0.280. The fraction of sp³-hybridized carbons (Fsp3) is 0.500. The fourth-order valence-corrected chi connectivity index (χ4v) is 2.73. The first kappa shape index (κ1) is 16.4. The molecule has 0 aromatic heterocycles. The second-order valence-corrected chi connectivity index (χ2v) is 5.29. The van der Waals surface area contributed by atoms with Gasteiger partial charge in [-0.1, -0.05) is 34.1 Å². The van der Waals surface area contributed by atoms with E-state index in [0.717, 1.165) is 0 Å². The summed E-state index contributed by atoms with van der Waals surface area (Å²) in [6.07, 6.45) is -5.01. The van der Waals surface area contributed by atoms with Crippen molar-refractivity contribution in [2.45, 2.75) is 30.7 Å². The molecule has 2 rings (SSSR count). The molecule has 6 nitrogen and oxygen atoms in total. The Morgan fingerprint density at radius 3 is 2.52 bits per heavy atom. The molecule has 0 saturated carbocycles. The Morgan fingerprint density at radius 2 is 1.95 bits per heavy atom. The van der Waals surface area contributed by atoms with Crippen molar-refractivity contribution in [3.63, 3.8) is 0 Å². The minimum atomic E-state index is -1.39. The lowest BCUT2D eigenvalue weighted by Gasteiger charge is -2.41. The molecular formula is C14H17BrO6. The number of hydrogen-bond donors (Lipinski definition) is 2. The van der Waals surface area contributed by atoms with E-state index in [1.165, 1.54) is 7.11 Å². The summed E-state index contributed by atoms with van der Waals surface area (Å²) in [5, 5.41) is 19.9. The Labute approximate surface area is 130 Å². The van der Waals surface area contributed by atoms with Gasteiger partial charge in [0.05, 0.1) is 5.56 Å². The summed E-state index contributed by atoms with van der Waals surface area (Å²) in [6.45, 7) is 0. The number of aliphatic hydroxyl groups excluding tert-OH is 2. The molecule has 1 aliphatic heterocycles. The van der Waals surface area contributed by atoms with E-state index in [9.17, 15) is 15.0 Å². The highest BCUT2D eigenvalue weighted by atomic mass is 79.9. The molecule has 0 radical (unpaired) electrons. The monoisotopic (exact) mass is 360 g/mol. The largest absolute Gasteiger partial charge is 0.453 e. The predicted octanol–water partition coefficient (Wildman–Crippen LogP) is 0.700. The van der Waals surface area contributed by atoms with Crippen LogP contribution in [0.1, 0.15) is 10.4 Å². The van der Waals surface area contributed by atoms with Crippen molar-refractivity contribution in [3.8, 4) is 0 Å². The summed E-state index contributed by atoms with van der Waals surface area (Å²) in [5.74, 6) is -0.541. The molecule has 1 saturated heterocycles. The third-order valence-electron chi connectivity index (χ3n) is 3.31. The Balaban J connectivity index is 2.16. The molecule has 1 aliphatic rings. The topological polar surface area (TPSA) is 85.2 Å². The highest BCUT2D eigenvalue weighted by molar-refractivity contribution is 9.09. The first-order chi connectivity index (χ1) is 10.1. The number of carbonyl (C=O) groups excluding carboxylic acids is 1. The van der Waals surface area contributed by atoms with E-state index in [0.29, 0.717) is 10.9 Å². The number of aliphatic hydroxyl groups is 2. The SMILES string of the molecule is CO[C@H]1[C@H](O)[C@@H](O)O[C@H](CBr)[C@H]1OC(=O)c1ccccc1. The molecule has 1 heterocycles. The third-order valence-corrected chi connectivity index (χ3v) is 3.95. The quantitative estimate of drug-likeness (QED) is 0.607. The number of halogens is 1. The van der Waals surface area contributed by atoms with E-state index in [1.807, 2.05) is 0 Å². The van der Waals surface area contributed by atoms with Crippen molar-refractivity contribution < 1.29 is 29.2 Å². The second kappa shape index (κ2) is 7.33. The van der Waals surface area contributed by atoms with E-state index >= 15 is 0 Å². The molecule has 0 spiro atoms. The number of alkyl halides is 1. The third kappa shape index (κ3) is 3.61. The second-order valence-electron chi connectivity index (χ2n) is 4.65. The Morgan fingerprint density at radius 1 is 1.29 bits per heavy atom. The van der Waals surface area contributed by atoms with E-state index < -0.39 is 36.7 Å². The van der Waals surface area contributed by atoms with Crippen LogP contribution in [0.15, 0.2) is 30.3 Å². The first-order valence-electron chi connectivity index (χ1n) is 6.45. The van der Waals surface area contributed by atoms with Crippen LogP contribution in [0.2, 0.25) is 0 Å². The van der Waals surface area contributed by atoms with Crippen molar-refractivity contribution >= 4 is 21.9 Å². The maximum Gasteiger partial charge on any atom is 0.338 e. The molecule has 21 heavy (non-hydrogen) atoms. The van der Waals surface area contributed by atoms with Gasteiger partial charge < -0.3 is 24.4 Å². The lowest BCUT2D eigenvalue weighted by Crippen LogP contribution is -2.60. The Hall–Kier alpha value is -0.990. The number of esters is 1. The predicted molar refractivity (Wildman–Crippen MR) is 77.1 cm³/mol. The lowest BCUT2D eigenvalue weighted by atomic mass is 9.99. The molecule has 116 valence electrons. The van der Waals surface area contributed by atoms with Crippen LogP contribution in [-0.4, -0.2) is 59.3 Å². The van der Waals surface area contributed by atoms with Crippen molar-refractivity contribution in [3.05, 3.63) is 35.9 Å². The van der Waals surface area contributed by atoms with Gasteiger partial charge in [0, 0.05) is 12.4 Å². The van der Waals surface area contributed by atoms with Crippen LogP contribution in [0, 0.1) is 0 Å². The summed E-state index contributed by atoms with van der Waals surface area (Å²) >= 11 is 3.24. The van der Waals surface area contributed by atoms with E-state index in [1.54, 1.807) is 30.3 Å². The van der Waals surface area contributed by atoms with Crippen LogP contribution >= 0.6 is 15.9 Å². The fourth-order valence-electron chi connectivity index (χ4n) is 2.21. The highest BCUT2D eigenvalue weighted by Crippen LogP contribution is 2.26. The normalized spacial score (nSPS) is 32.7. The summed E-state index contributed by atoms with van der Waals surface area (Å²) in [6, 6.07) is 8.50. The zero-order valence-electron chi connectivity index (χ0n) is 11.4. The van der Waals surface area contributed by atoms with Crippen molar-refractivity contribution in [1.29, 1.82) is 0 Å². The number of carbonyl (C=O) groups is 1. The van der Waals surface area contributed by atoms with Gasteiger partial charge in [-0.05, 0) is 12.1 Å². The Bertz CT molecular complexity index is 468. The van der Waals surface area contributed by atoms with Gasteiger partial charge in [0.15, 0.2) is 12.4 Å². The van der Waals surface area contributed by atoms with Crippen LogP contribution in [0.25, 0.3) is 0 Å². The van der Waals surface area contributed by atoms with Gasteiger partial charge in [-0.15, -0.1) is 0 Å². The minimum absolute atomic E-state index is 0.323. The van der Waals surface area contributed by atoms with Crippen molar-refractivity contribution in [2.75, 3.05) is 12.4 Å². The number of methoxy groups -OCH3 is 1. The summed E-state index contributed by atoms with van der Waals surface area (Å²) in [4.78, 5) is 12.1. The molecular weight excluding hydrogens is 344 g/mol. The summed E-state index contributed by atoms with van der Waals surface area (Å²) in [7, 11) is 1.38. The number of benzene rings is 1. The highest BCUT2D eigenvalue weighted by Gasteiger charge is 2.46. The molecule has 0 amide bonds. The molecule has 1 aromatic carbocycles. The standard InChI is InChI=1S/C14H17BrO6/c1-19-12-10(16)14(18)20-9(7-15)11(12)21-13(17)8-5-3-2-4-6-8/h2-6,9-12,14,16,18H,7H2,1H3/t9-,10+,11-,12+,14+/m1/s1. The maximum absolute atomic E-state index is 12.1. The smallest absolute Gasteiger partial charge is 0.338 e. The van der Waals surface area contributed by atoms with E-state index in [4.69, 9.17) is 14.2 Å². The molecule has 7 heteroatoms. The molecule has 5 atom stereocenters. The minimum Gasteiger partial charge on any atom is -0.453 e. The van der Waals surface area contributed by atoms with Crippen LogP contribution in [0.4, 0.5) is 0 Å². The number of rotatable bonds is 4. The van der Waals surface area contributed by atoms with Gasteiger partial charge in [0.25, 0.3) is 0 Å². The van der Waals surface area contributed by atoms with Gasteiger partial charge in [0.1, 0.15) is 18.3 Å². The number of hydrogen-bond acceptors (Lipinski definition) is 6.